The fraction of sp³-hybridized carbons (Fsp3) is 0.286. The molecule has 0 radical (unpaired) electrons. The molecule has 0 saturated heterocycles. The zero-order chi connectivity index (χ0) is 11.4. The van der Waals surface area contributed by atoms with Gasteiger partial charge in [0.1, 0.15) is 0 Å². The van der Waals surface area contributed by atoms with E-state index in [9.17, 15) is 0 Å². The van der Waals surface area contributed by atoms with Gasteiger partial charge in [0.2, 0.25) is 0 Å². The van der Waals surface area contributed by atoms with Crippen LogP contribution in [0.1, 0.15) is 29.7 Å². The molecule has 0 saturated carbocycles. The van der Waals surface area contributed by atoms with Crippen molar-refractivity contribution in [2.45, 2.75) is 19.9 Å². The Kier molecular flexibility index (Phi) is 3.75. The molecule has 1 nitrogen and oxygen atoms in total. The van der Waals surface area contributed by atoms with Crippen LogP contribution in [0.5, 0.6) is 0 Å². The summed E-state index contributed by atoms with van der Waals surface area (Å²) in [6.07, 6.45) is 0. The average Bonchev–Trinajstić information content (AvgIpc) is 2.81. The minimum atomic E-state index is 0.330. The molecule has 2 aromatic rings. The number of benzene rings is 1. The summed E-state index contributed by atoms with van der Waals surface area (Å²) in [6.45, 7) is 5.25. The van der Waals surface area contributed by atoms with Crippen molar-refractivity contribution < 1.29 is 0 Å². The van der Waals surface area contributed by atoms with Crippen molar-refractivity contribution >= 4 is 11.3 Å². The van der Waals surface area contributed by atoms with Crippen LogP contribution in [0, 0.1) is 6.92 Å². The molecule has 0 bridgehead atoms. The number of rotatable bonds is 4. The largest absolute Gasteiger partial charge is 0.307 e. The van der Waals surface area contributed by atoms with Gasteiger partial charge in [0.25, 0.3) is 0 Å². The van der Waals surface area contributed by atoms with Gasteiger partial charge in [0, 0.05) is 0 Å². The molecule has 0 aliphatic carbocycles. The van der Waals surface area contributed by atoms with Crippen LogP contribution in [0.25, 0.3) is 0 Å². The SMILES string of the molecule is CCNC(c1ccc(C)cc1)c1ccsc1. The van der Waals surface area contributed by atoms with Crippen LogP contribution >= 0.6 is 11.3 Å². The fourth-order valence-corrected chi connectivity index (χ4v) is 2.52. The summed E-state index contributed by atoms with van der Waals surface area (Å²) in [5.41, 5.74) is 4.01. The van der Waals surface area contributed by atoms with Gasteiger partial charge >= 0.3 is 0 Å². The molecule has 0 aliphatic heterocycles. The summed E-state index contributed by atoms with van der Waals surface area (Å²) in [4.78, 5) is 0. The normalized spacial score (nSPS) is 12.6. The minimum absolute atomic E-state index is 0.330. The van der Waals surface area contributed by atoms with Gasteiger partial charge in [-0.2, -0.15) is 11.3 Å². The number of hydrogen-bond acceptors (Lipinski definition) is 2. The van der Waals surface area contributed by atoms with E-state index in [1.54, 1.807) is 11.3 Å². The van der Waals surface area contributed by atoms with E-state index in [0.29, 0.717) is 6.04 Å². The van der Waals surface area contributed by atoms with E-state index in [4.69, 9.17) is 0 Å². The Hall–Kier alpha value is -1.12. The second-order valence-electron chi connectivity index (χ2n) is 3.96. The summed E-state index contributed by atoms with van der Waals surface area (Å²) < 4.78 is 0. The van der Waals surface area contributed by atoms with Crippen molar-refractivity contribution in [2.24, 2.45) is 0 Å². The summed E-state index contributed by atoms with van der Waals surface area (Å²) in [5.74, 6) is 0. The lowest BCUT2D eigenvalue weighted by Crippen LogP contribution is -2.21. The number of hydrogen-bond donors (Lipinski definition) is 1. The van der Waals surface area contributed by atoms with Crippen molar-refractivity contribution in [1.82, 2.24) is 5.32 Å². The highest BCUT2D eigenvalue weighted by molar-refractivity contribution is 7.08. The highest BCUT2D eigenvalue weighted by Crippen LogP contribution is 2.24. The van der Waals surface area contributed by atoms with Crippen LogP contribution < -0.4 is 5.32 Å². The smallest absolute Gasteiger partial charge is 0.0584 e. The summed E-state index contributed by atoms with van der Waals surface area (Å²) in [7, 11) is 0. The zero-order valence-corrected chi connectivity index (χ0v) is 10.6. The molecule has 0 aliphatic rings. The third-order valence-corrected chi connectivity index (χ3v) is 3.40. The number of aryl methyl sites for hydroxylation is 1. The minimum Gasteiger partial charge on any atom is -0.307 e. The predicted octanol–water partition coefficient (Wildman–Crippen LogP) is 3.76. The Morgan fingerprint density at radius 2 is 1.88 bits per heavy atom. The standard InChI is InChI=1S/C14H17NS/c1-3-15-14(13-8-9-16-10-13)12-6-4-11(2)5-7-12/h4-10,14-15H,3H2,1-2H3. The average molecular weight is 231 g/mol. The topological polar surface area (TPSA) is 12.0 Å². The van der Waals surface area contributed by atoms with E-state index >= 15 is 0 Å². The molecule has 16 heavy (non-hydrogen) atoms. The quantitative estimate of drug-likeness (QED) is 0.845. The van der Waals surface area contributed by atoms with Crippen LogP contribution in [-0.4, -0.2) is 6.54 Å². The van der Waals surface area contributed by atoms with Crippen molar-refractivity contribution in [3.05, 3.63) is 57.8 Å². The maximum absolute atomic E-state index is 3.53. The van der Waals surface area contributed by atoms with Crippen LogP contribution in [0.2, 0.25) is 0 Å². The molecule has 2 heteroatoms. The molecule has 1 unspecified atom stereocenters. The van der Waals surface area contributed by atoms with E-state index in [-0.39, 0.29) is 0 Å². The molecular weight excluding hydrogens is 214 g/mol. The van der Waals surface area contributed by atoms with Gasteiger partial charge in [-0.15, -0.1) is 0 Å². The Morgan fingerprint density at radius 1 is 1.12 bits per heavy atom. The Morgan fingerprint density at radius 3 is 2.44 bits per heavy atom. The maximum Gasteiger partial charge on any atom is 0.0584 e. The van der Waals surface area contributed by atoms with Gasteiger partial charge in [-0.3, -0.25) is 0 Å². The van der Waals surface area contributed by atoms with Crippen molar-refractivity contribution in [3.63, 3.8) is 0 Å². The lowest BCUT2D eigenvalue weighted by Gasteiger charge is -2.17. The Bertz CT molecular complexity index is 417. The number of nitrogens with one attached hydrogen (secondary N) is 1. The lowest BCUT2D eigenvalue weighted by molar-refractivity contribution is 0.632. The van der Waals surface area contributed by atoms with E-state index in [2.05, 4.69) is 60.3 Å². The van der Waals surface area contributed by atoms with E-state index in [0.717, 1.165) is 6.54 Å². The first-order valence-corrected chi connectivity index (χ1v) is 6.57. The van der Waals surface area contributed by atoms with Gasteiger partial charge in [0.05, 0.1) is 6.04 Å². The van der Waals surface area contributed by atoms with Gasteiger partial charge in [-0.1, -0.05) is 36.8 Å². The maximum atomic E-state index is 3.53. The molecule has 1 aromatic heterocycles. The lowest BCUT2D eigenvalue weighted by atomic mass is 10.0. The monoisotopic (exact) mass is 231 g/mol. The van der Waals surface area contributed by atoms with Gasteiger partial charge in [0.15, 0.2) is 0 Å². The van der Waals surface area contributed by atoms with E-state index < -0.39 is 0 Å². The van der Waals surface area contributed by atoms with E-state index in [1.165, 1.54) is 16.7 Å². The summed E-state index contributed by atoms with van der Waals surface area (Å²) in [6, 6.07) is 11.3. The molecule has 0 spiro atoms. The number of thiophene rings is 1. The van der Waals surface area contributed by atoms with Gasteiger partial charge < -0.3 is 5.32 Å². The van der Waals surface area contributed by atoms with Crippen LogP contribution in [0.3, 0.4) is 0 Å². The predicted molar refractivity (Wildman–Crippen MR) is 71.0 cm³/mol. The third-order valence-electron chi connectivity index (χ3n) is 2.70. The van der Waals surface area contributed by atoms with Crippen LogP contribution in [0.15, 0.2) is 41.1 Å². The molecule has 2 rings (SSSR count). The molecular formula is C14H17NS. The molecule has 1 aromatic carbocycles. The second kappa shape index (κ2) is 5.28. The summed E-state index contributed by atoms with van der Waals surface area (Å²) in [5, 5.41) is 7.88. The summed E-state index contributed by atoms with van der Waals surface area (Å²) >= 11 is 1.75. The molecule has 0 amide bonds. The first-order valence-electron chi connectivity index (χ1n) is 5.63. The molecule has 1 atom stereocenters. The third kappa shape index (κ3) is 2.52. The van der Waals surface area contributed by atoms with Gasteiger partial charge in [-0.25, -0.2) is 0 Å². The Labute approximate surface area is 101 Å². The Balaban J connectivity index is 2.29. The van der Waals surface area contributed by atoms with Crippen LogP contribution in [0.4, 0.5) is 0 Å². The van der Waals surface area contributed by atoms with Gasteiger partial charge in [-0.05, 0) is 41.4 Å². The molecule has 1 heterocycles. The molecule has 0 fully saturated rings. The first kappa shape index (κ1) is 11.4. The van der Waals surface area contributed by atoms with Crippen molar-refractivity contribution in [1.29, 1.82) is 0 Å². The first-order chi connectivity index (χ1) is 7.81. The van der Waals surface area contributed by atoms with E-state index in [1.807, 2.05) is 0 Å². The zero-order valence-electron chi connectivity index (χ0n) is 9.73. The van der Waals surface area contributed by atoms with Crippen molar-refractivity contribution in [3.8, 4) is 0 Å². The molecule has 84 valence electrons. The molecule has 1 N–H and O–H groups in total. The van der Waals surface area contributed by atoms with Crippen LogP contribution in [-0.2, 0) is 0 Å². The second-order valence-corrected chi connectivity index (χ2v) is 4.74. The highest BCUT2D eigenvalue weighted by Gasteiger charge is 2.12. The fourth-order valence-electron chi connectivity index (χ4n) is 1.83. The van der Waals surface area contributed by atoms with Crippen molar-refractivity contribution in [2.75, 3.05) is 6.54 Å². The highest BCUT2D eigenvalue weighted by atomic mass is 32.1.